The van der Waals surface area contributed by atoms with Crippen molar-refractivity contribution in [1.82, 2.24) is 5.32 Å². The van der Waals surface area contributed by atoms with Crippen molar-refractivity contribution >= 4 is 30.0 Å². The number of amides is 1. The van der Waals surface area contributed by atoms with E-state index in [4.69, 9.17) is 23.7 Å². The van der Waals surface area contributed by atoms with E-state index in [1.54, 1.807) is 0 Å². The van der Waals surface area contributed by atoms with E-state index in [1.807, 2.05) is 0 Å². The van der Waals surface area contributed by atoms with Crippen molar-refractivity contribution in [1.29, 1.82) is 0 Å². The van der Waals surface area contributed by atoms with Crippen LogP contribution in [0, 0.1) is 0 Å². The summed E-state index contributed by atoms with van der Waals surface area (Å²) in [6.45, 7) is 4.05. The summed E-state index contributed by atoms with van der Waals surface area (Å²) < 4.78 is 30.4. The van der Waals surface area contributed by atoms with Crippen molar-refractivity contribution in [3.05, 3.63) is 0 Å². The molecule has 0 unspecified atom stereocenters. The maximum atomic E-state index is 11.7. The van der Waals surface area contributed by atoms with Gasteiger partial charge in [0, 0.05) is 27.7 Å². The van der Waals surface area contributed by atoms with Gasteiger partial charge in [-0.15, -0.1) is 0 Å². The van der Waals surface area contributed by atoms with E-state index >= 15 is 0 Å². The lowest BCUT2D eigenvalue weighted by molar-refractivity contribution is -0.270. The van der Waals surface area contributed by atoms with Gasteiger partial charge in [-0.05, 0) is 0 Å². The molecule has 28 heavy (non-hydrogen) atoms. The standard InChI is InChI=1S/C16H23NO11/c1-7(18)24-6-11-13(25-8(2)19)14(26-9(3)20)12(17-16(22)23-5)15(28-11)27-10(4)21/h11-15H,6H2,1-5H3,(H,17,22)/t11-,12-,13-,14-,15+/m1/s1. The average Bonchev–Trinajstić information content (AvgIpc) is 2.56. The van der Waals surface area contributed by atoms with Crippen molar-refractivity contribution in [2.75, 3.05) is 13.7 Å². The number of hydrogen-bond acceptors (Lipinski definition) is 11. The lowest BCUT2D eigenvalue weighted by Gasteiger charge is -2.44. The number of rotatable bonds is 6. The Balaban J connectivity index is 3.31. The van der Waals surface area contributed by atoms with Gasteiger partial charge in [0.25, 0.3) is 0 Å². The molecule has 1 heterocycles. The molecule has 1 amide bonds. The zero-order chi connectivity index (χ0) is 21.4. The number of alkyl carbamates (subject to hydrolysis) is 1. The van der Waals surface area contributed by atoms with Gasteiger partial charge in [-0.25, -0.2) is 4.79 Å². The topological polar surface area (TPSA) is 153 Å². The zero-order valence-electron chi connectivity index (χ0n) is 16.1. The van der Waals surface area contributed by atoms with Crippen LogP contribution < -0.4 is 5.32 Å². The minimum absolute atomic E-state index is 0.395. The van der Waals surface area contributed by atoms with E-state index in [-0.39, 0.29) is 0 Å². The van der Waals surface area contributed by atoms with Gasteiger partial charge in [-0.1, -0.05) is 0 Å². The van der Waals surface area contributed by atoms with Gasteiger partial charge in [0.1, 0.15) is 18.8 Å². The Bertz CT molecular complexity index is 620. The number of methoxy groups -OCH3 is 1. The fourth-order valence-electron chi connectivity index (χ4n) is 2.52. The Hall–Kier alpha value is -2.89. The molecule has 1 rings (SSSR count). The second kappa shape index (κ2) is 10.4. The fourth-order valence-corrected chi connectivity index (χ4v) is 2.52. The van der Waals surface area contributed by atoms with Gasteiger partial charge in [0.15, 0.2) is 12.2 Å². The first-order valence-electron chi connectivity index (χ1n) is 8.20. The molecule has 12 heteroatoms. The molecule has 0 spiro atoms. The predicted molar refractivity (Wildman–Crippen MR) is 87.5 cm³/mol. The van der Waals surface area contributed by atoms with Crippen molar-refractivity contribution in [2.45, 2.75) is 58.3 Å². The molecule has 1 aliphatic heterocycles. The van der Waals surface area contributed by atoms with Crippen LogP contribution >= 0.6 is 0 Å². The van der Waals surface area contributed by atoms with Gasteiger partial charge in [0.05, 0.1) is 7.11 Å². The Morgan fingerprint density at radius 2 is 1.36 bits per heavy atom. The molecule has 0 radical (unpaired) electrons. The van der Waals surface area contributed by atoms with E-state index in [0.29, 0.717) is 0 Å². The van der Waals surface area contributed by atoms with Crippen molar-refractivity contribution in [3.63, 3.8) is 0 Å². The minimum atomic E-state index is -1.45. The maximum Gasteiger partial charge on any atom is 0.407 e. The quantitative estimate of drug-likeness (QED) is 0.446. The predicted octanol–water partition coefficient (Wildman–Crippen LogP) is -0.574. The molecular formula is C16H23NO11. The van der Waals surface area contributed by atoms with Crippen LogP contribution in [0.25, 0.3) is 0 Å². The largest absolute Gasteiger partial charge is 0.463 e. The van der Waals surface area contributed by atoms with Crippen LogP contribution in [0.2, 0.25) is 0 Å². The van der Waals surface area contributed by atoms with E-state index in [0.717, 1.165) is 34.8 Å². The summed E-state index contributed by atoms with van der Waals surface area (Å²) in [6.07, 6.45) is -6.16. The molecule has 1 fully saturated rings. The molecule has 5 atom stereocenters. The van der Waals surface area contributed by atoms with Gasteiger partial charge in [0.2, 0.25) is 6.29 Å². The molecule has 0 bridgehead atoms. The Kier molecular flexibility index (Phi) is 8.64. The number of carbonyl (C=O) groups excluding carboxylic acids is 5. The van der Waals surface area contributed by atoms with E-state index < -0.39 is 67.2 Å². The molecule has 158 valence electrons. The number of esters is 4. The van der Waals surface area contributed by atoms with Gasteiger partial charge >= 0.3 is 30.0 Å². The molecule has 1 saturated heterocycles. The first-order valence-corrected chi connectivity index (χ1v) is 8.20. The molecule has 1 N–H and O–H groups in total. The summed E-state index contributed by atoms with van der Waals surface area (Å²) in [5, 5.41) is 2.33. The zero-order valence-corrected chi connectivity index (χ0v) is 16.1. The minimum Gasteiger partial charge on any atom is -0.463 e. The van der Waals surface area contributed by atoms with Crippen LogP contribution in [0.15, 0.2) is 0 Å². The number of nitrogens with one attached hydrogen (secondary N) is 1. The van der Waals surface area contributed by atoms with Gasteiger partial charge in [-0.2, -0.15) is 0 Å². The van der Waals surface area contributed by atoms with Crippen molar-refractivity contribution < 1.29 is 52.4 Å². The van der Waals surface area contributed by atoms with Crippen molar-refractivity contribution in [3.8, 4) is 0 Å². The van der Waals surface area contributed by atoms with E-state index in [2.05, 4.69) is 10.1 Å². The first kappa shape index (κ1) is 23.1. The van der Waals surface area contributed by atoms with Crippen LogP contribution in [0.1, 0.15) is 27.7 Å². The summed E-state index contributed by atoms with van der Waals surface area (Å²) in [6, 6.07) is -1.28. The highest BCUT2D eigenvalue weighted by molar-refractivity contribution is 5.70. The maximum absolute atomic E-state index is 11.7. The summed E-state index contributed by atoms with van der Waals surface area (Å²) in [7, 11) is 1.09. The molecule has 12 nitrogen and oxygen atoms in total. The third kappa shape index (κ3) is 7.02. The third-order valence-corrected chi connectivity index (χ3v) is 3.45. The lowest BCUT2D eigenvalue weighted by atomic mass is 9.96. The van der Waals surface area contributed by atoms with E-state index in [9.17, 15) is 24.0 Å². The summed E-state index contributed by atoms with van der Waals surface area (Å²) in [5.41, 5.74) is 0. The molecule has 0 aromatic heterocycles. The highest BCUT2D eigenvalue weighted by Gasteiger charge is 2.52. The molecule has 0 aromatic rings. The number of hydrogen-bond donors (Lipinski definition) is 1. The Morgan fingerprint density at radius 1 is 0.821 bits per heavy atom. The SMILES string of the molecule is COC(=O)N[C@H]1[C@@H](OC(C)=O)O[C@H](COC(C)=O)[C@@H](OC(C)=O)[C@@H]1OC(C)=O. The normalized spacial score (nSPS) is 26.4. The van der Waals surface area contributed by atoms with Crippen molar-refractivity contribution in [2.24, 2.45) is 0 Å². The summed E-state index contributed by atoms with van der Waals surface area (Å²) >= 11 is 0. The average molecular weight is 405 g/mol. The van der Waals surface area contributed by atoms with Crippen LogP contribution in [0.5, 0.6) is 0 Å². The molecule has 0 aromatic carbocycles. The van der Waals surface area contributed by atoms with Crippen LogP contribution in [-0.4, -0.2) is 74.3 Å². The molecule has 1 aliphatic rings. The first-order chi connectivity index (χ1) is 13.0. The number of ether oxygens (including phenoxy) is 6. The fraction of sp³-hybridized carbons (Fsp3) is 0.688. The van der Waals surface area contributed by atoms with Crippen LogP contribution in [0.4, 0.5) is 4.79 Å². The second-order valence-electron chi connectivity index (χ2n) is 5.76. The lowest BCUT2D eigenvalue weighted by Crippen LogP contribution is -2.67. The van der Waals surface area contributed by atoms with Crippen LogP contribution in [-0.2, 0) is 47.6 Å². The highest BCUT2D eigenvalue weighted by Crippen LogP contribution is 2.28. The smallest absolute Gasteiger partial charge is 0.407 e. The summed E-state index contributed by atoms with van der Waals surface area (Å²) in [4.78, 5) is 57.5. The van der Waals surface area contributed by atoms with Gasteiger partial charge < -0.3 is 33.7 Å². The number of carbonyl (C=O) groups is 5. The molecule has 0 aliphatic carbocycles. The molecule has 0 saturated carbocycles. The Labute approximate surface area is 160 Å². The highest BCUT2D eigenvalue weighted by atomic mass is 16.7. The van der Waals surface area contributed by atoms with E-state index in [1.165, 1.54) is 0 Å². The monoisotopic (exact) mass is 405 g/mol. The second-order valence-corrected chi connectivity index (χ2v) is 5.76. The Morgan fingerprint density at radius 3 is 1.82 bits per heavy atom. The van der Waals surface area contributed by atoms with Crippen LogP contribution in [0.3, 0.4) is 0 Å². The molecular weight excluding hydrogens is 382 g/mol. The van der Waals surface area contributed by atoms with Gasteiger partial charge in [-0.3, -0.25) is 19.2 Å². The third-order valence-electron chi connectivity index (χ3n) is 3.45. The summed E-state index contributed by atoms with van der Waals surface area (Å²) in [5.74, 6) is -2.93.